The fourth-order valence-corrected chi connectivity index (χ4v) is 2.66. The van der Waals surface area contributed by atoms with Crippen LogP contribution in [0.1, 0.15) is 25.3 Å². The summed E-state index contributed by atoms with van der Waals surface area (Å²) in [7, 11) is 0. The Bertz CT molecular complexity index is 402. The highest BCUT2D eigenvalue weighted by atomic mass is 16.5. The van der Waals surface area contributed by atoms with Crippen molar-refractivity contribution in [1.82, 2.24) is 10.2 Å². The third kappa shape index (κ3) is 5.65. The minimum atomic E-state index is -0.475. The quantitative estimate of drug-likeness (QED) is 0.767. The van der Waals surface area contributed by atoms with Crippen LogP contribution in [0.4, 0.5) is 0 Å². The van der Waals surface area contributed by atoms with Gasteiger partial charge in [0.25, 0.3) is 0 Å². The largest absolute Gasteiger partial charge is 0.491 e. The van der Waals surface area contributed by atoms with Gasteiger partial charge in [-0.15, -0.1) is 0 Å². The third-order valence-electron chi connectivity index (χ3n) is 4.05. The molecular weight excluding hydrogens is 264 g/mol. The molecule has 4 nitrogen and oxygen atoms in total. The van der Waals surface area contributed by atoms with E-state index < -0.39 is 6.10 Å². The first-order valence-electron chi connectivity index (χ1n) is 7.97. The van der Waals surface area contributed by atoms with Crippen molar-refractivity contribution in [1.29, 1.82) is 0 Å². The van der Waals surface area contributed by atoms with Crippen LogP contribution in [0.5, 0.6) is 5.75 Å². The SMILES string of the molecule is Cc1ccc(OCC(O)CNCC(C)N2CCCC2)cc1. The lowest BCUT2D eigenvalue weighted by atomic mass is 10.2. The van der Waals surface area contributed by atoms with Gasteiger partial charge < -0.3 is 15.2 Å². The summed E-state index contributed by atoms with van der Waals surface area (Å²) in [6, 6.07) is 8.43. The van der Waals surface area contributed by atoms with Gasteiger partial charge in [-0.05, 0) is 51.9 Å². The molecule has 0 amide bonds. The molecule has 0 radical (unpaired) electrons. The number of rotatable bonds is 8. The Morgan fingerprint density at radius 1 is 1.19 bits per heavy atom. The third-order valence-corrected chi connectivity index (χ3v) is 4.05. The number of aliphatic hydroxyl groups excluding tert-OH is 1. The van der Waals surface area contributed by atoms with Gasteiger partial charge in [0.15, 0.2) is 0 Å². The van der Waals surface area contributed by atoms with E-state index in [0.717, 1.165) is 12.3 Å². The van der Waals surface area contributed by atoms with E-state index in [4.69, 9.17) is 4.74 Å². The highest BCUT2D eigenvalue weighted by Crippen LogP contribution is 2.12. The van der Waals surface area contributed by atoms with E-state index >= 15 is 0 Å². The zero-order valence-electron chi connectivity index (χ0n) is 13.2. The molecule has 0 aromatic heterocycles. The molecule has 0 bridgehead atoms. The number of aryl methyl sites for hydroxylation is 1. The lowest BCUT2D eigenvalue weighted by Crippen LogP contribution is -2.41. The van der Waals surface area contributed by atoms with Crippen molar-refractivity contribution >= 4 is 0 Å². The van der Waals surface area contributed by atoms with E-state index in [9.17, 15) is 5.11 Å². The maximum absolute atomic E-state index is 9.94. The molecule has 2 N–H and O–H groups in total. The predicted molar refractivity (Wildman–Crippen MR) is 85.8 cm³/mol. The minimum Gasteiger partial charge on any atom is -0.491 e. The Morgan fingerprint density at radius 2 is 1.86 bits per heavy atom. The fourth-order valence-electron chi connectivity index (χ4n) is 2.66. The molecule has 0 spiro atoms. The molecule has 2 unspecified atom stereocenters. The van der Waals surface area contributed by atoms with Crippen molar-refractivity contribution in [3.05, 3.63) is 29.8 Å². The van der Waals surface area contributed by atoms with E-state index in [0.29, 0.717) is 19.2 Å². The number of nitrogens with one attached hydrogen (secondary N) is 1. The van der Waals surface area contributed by atoms with Crippen molar-refractivity contribution < 1.29 is 9.84 Å². The molecular formula is C17H28N2O2. The van der Waals surface area contributed by atoms with Crippen LogP contribution in [-0.4, -0.2) is 54.9 Å². The molecule has 1 aromatic carbocycles. The number of hydrogen-bond donors (Lipinski definition) is 2. The fraction of sp³-hybridized carbons (Fsp3) is 0.647. The van der Waals surface area contributed by atoms with Gasteiger partial charge in [-0.2, -0.15) is 0 Å². The normalized spacial score (nSPS) is 18.6. The van der Waals surface area contributed by atoms with Gasteiger partial charge >= 0.3 is 0 Å². The highest BCUT2D eigenvalue weighted by molar-refractivity contribution is 5.26. The van der Waals surface area contributed by atoms with E-state index in [1.807, 2.05) is 31.2 Å². The monoisotopic (exact) mass is 292 g/mol. The number of aliphatic hydroxyl groups is 1. The van der Waals surface area contributed by atoms with Gasteiger partial charge in [0.05, 0.1) is 0 Å². The van der Waals surface area contributed by atoms with Crippen molar-refractivity contribution in [2.75, 3.05) is 32.8 Å². The summed E-state index contributed by atoms with van der Waals surface area (Å²) in [6.07, 6.45) is 2.16. The maximum Gasteiger partial charge on any atom is 0.119 e. The Kier molecular flexibility index (Phi) is 6.49. The van der Waals surface area contributed by atoms with Crippen LogP contribution in [0, 0.1) is 6.92 Å². The topological polar surface area (TPSA) is 44.7 Å². The summed E-state index contributed by atoms with van der Waals surface area (Å²) in [5.74, 6) is 0.810. The first kappa shape index (κ1) is 16.3. The van der Waals surface area contributed by atoms with Crippen molar-refractivity contribution in [3.63, 3.8) is 0 Å². The number of nitrogens with zero attached hydrogens (tertiary/aromatic N) is 1. The van der Waals surface area contributed by atoms with Crippen LogP contribution in [0.2, 0.25) is 0 Å². The second-order valence-electron chi connectivity index (χ2n) is 6.03. The number of likely N-dealkylation sites (tertiary alicyclic amines) is 1. The van der Waals surface area contributed by atoms with E-state index in [1.54, 1.807) is 0 Å². The van der Waals surface area contributed by atoms with E-state index in [-0.39, 0.29) is 0 Å². The number of hydrogen-bond acceptors (Lipinski definition) is 4. The first-order chi connectivity index (χ1) is 10.1. The molecule has 1 aromatic rings. The molecule has 2 atom stereocenters. The van der Waals surface area contributed by atoms with Gasteiger partial charge in [0.1, 0.15) is 18.5 Å². The molecule has 1 fully saturated rings. The number of ether oxygens (including phenoxy) is 1. The van der Waals surface area contributed by atoms with Gasteiger partial charge in [-0.25, -0.2) is 0 Å². The van der Waals surface area contributed by atoms with Crippen LogP contribution in [0.15, 0.2) is 24.3 Å². The summed E-state index contributed by atoms with van der Waals surface area (Å²) in [6.45, 7) is 8.53. The Labute approximate surface area is 128 Å². The minimum absolute atomic E-state index is 0.328. The Hall–Kier alpha value is -1.10. The standard InChI is InChI=1S/C17H28N2O2/c1-14-5-7-17(8-6-14)21-13-16(20)12-18-11-15(2)19-9-3-4-10-19/h5-8,15-16,18,20H,3-4,9-13H2,1-2H3. The summed E-state index contributed by atoms with van der Waals surface area (Å²) < 4.78 is 5.58. The Morgan fingerprint density at radius 3 is 2.52 bits per heavy atom. The van der Waals surface area contributed by atoms with Crippen LogP contribution in [0.3, 0.4) is 0 Å². The average Bonchev–Trinajstić information content (AvgIpc) is 3.01. The lowest BCUT2D eigenvalue weighted by molar-refractivity contribution is 0.104. The molecule has 1 aliphatic heterocycles. The van der Waals surface area contributed by atoms with Gasteiger partial charge in [0, 0.05) is 19.1 Å². The predicted octanol–water partition coefficient (Wildman–Crippen LogP) is 1.81. The zero-order chi connectivity index (χ0) is 15.1. The molecule has 118 valence electrons. The molecule has 1 saturated heterocycles. The second kappa shape index (κ2) is 8.37. The van der Waals surface area contributed by atoms with Gasteiger partial charge in [-0.1, -0.05) is 17.7 Å². The Balaban J connectivity index is 1.58. The second-order valence-corrected chi connectivity index (χ2v) is 6.03. The van der Waals surface area contributed by atoms with Crippen LogP contribution < -0.4 is 10.1 Å². The van der Waals surface area contributed by atoms with Crippen molar-refractivity contribution in [3.8, 4) is 5.75 Å². The average molecular weight is 292 g/mol. The van der Waals surface area contributed by atoms with Crippen molar-refractivity contribution in [2.24, 2.45) is 0 Å². The smallest absolute Gasteiger partial charge is 0.119 e. The summed E-state index contributed by atoms with van der Waals surface area (Å²) in [4.78, 5) is 2.50. The summed E-state index contributed by atoms with van der Waals surface area (Å²) >= 11 is 0. The van der Waals surface area contributed by atoms with Crippen LogP contribution >= 0.6 is 0 Å². The molecule has 2 rings (SSSR count). The maximum atomic E-state index is 9.94. The van der Waals surface area contributed by atoms with Crippen LogP contribution in [0.25, 0.3) is 0 Å². The molecule has 0 saturated carbocycles. The van der Waals surface area contributed by atoms with E-state index in [2.05, 4.69) is 17.1 Å². The summed E-state index contributed by atoms with van der Waals surface area (Å²) in [5, 5.41) is 13.3. The molecule has 1 aliphatic rings. The molecule has 21 heavy (non-hydrogen) atoms. The molecule has 4 heteroatoms. The first-order valence-corrected chi connectivity index (χ1v) is 7.97. The van der Waals surface area contributed by atoms with Crippen molar-refractivity contribution in [2.45, 2.75) is 38.8 Å². The van der Waals surface area contributed by atoms with Gasteiger partial charge in [-0.3, -0.25) is 4.90 Å². The van der Waals surface area contributed by atoms with Crippen LogP contribution in [-0.2, 0) is 0 Å². The number of benzene rings is 1. The zero-order valence-corrected chi connectivity index (χ0v) is 13.2. The van der Waals surface area contributed by atoms with Gasteiger partial charge in [0.2, 0.25) is 0 Å². The summed E-state index contributed by atoms with van der Waals surface area (Å²) in [5.41, 5.74) is 1.21. The molecule has 0 aliphatic carbocycles. The molecule has 1 heterocycles. The highest BCUT2D eigenvalue weighted by Gasteiger charge is 2.17. The lowest BCUT2D eigenvalue weighted by Gasteiger charge is -2.24. The van der Waals surface area contributed by atoms with E-state index in [1.165, 1.54) is 31.5 Å².